The van der Waals surface area contributed by atoms with E-state index in [0.29, 0.717) is 12.0 Å². The van der Waals surface area contributed by atoms with Crippen LogP contribution in [-0.4, -0.2) is 30.9 Å². The third-order valence-electron chi connectivity index (χ3n) is 2.30. The van der Waals surface area contributed by atoms with Gasteiger partial charge in [0.25, 0.3) is 0 Å². The van der Waals surface area contributed by atoms with Crippen LogP contribution in [-0.2, 0) is 9.84 Å². The summed E-state index contributed by atoms with van der Waals surface area (Å²) in [4.78, 5) is 17.4. The van der Waals surface area contributed by atoms with Gasteiger partial charge in [-0.25, -0.2) is 13.4 Å². The molecule has 0 aliphatic heterocycles. The van der Waals surface area contributed by atoms with Crippen LogP contribution in [0.15, 0.2) is 35.4 Å². The van der Waals surface area contributed by atoms with Crippen molar-refractivity contribution in [1.29, 1.82) is 0 Å². The zero-order valence-electron chi connectivity index (χ0n) is 9.04. The van der Waals surface area contributed by atoms with E-state index in [1.54, 1.807) is 12.1 Å². The maximum atomic E-state index is 11.3. The van der Waals surface area contributed by atoms with E-state index in [1.807, 2.05) is 0 Å². The van der Waals surface area contributed by atoms with Crippen molar-refractivity contribution < 1.29 is 13.2 Å². The molecule has 88 valence electrons. The second-order valence-electron chi connectivity index (χ2n) is 3.60. The summed E-state index contributed by atoms with van der Waals surface area (Å²) in [7, 11) is -3.18. The summed E-state index contributed by atoms with van der Waals surface area (Å²) in [5, 5.41) is 0. The van der Waals surface area contributed by atoms with Crippen molar-refractivity contribution in [2.75, 3.05) is 6.26 Å². The van der Waals surface area contributed by atoms with Crippen molar-refractivity contribution in [3.05, 3.63) is 36.3 Å². The second kappa shape index (κ2) is 4.14. The van der Waals surface area contributed by atoms with Gasteiger partial charge in [0.05, 0.1) is 16.8 Å². The summed E-state index contributed by atoms with van der Waals surface area (Å²) < 4.78 is 22.5. The van der Waals surface area contributed by atoms with Gasteiger partial charge in [0.1, 0.15) is 0 Å². The minimum atomic E-state index is -3.18. The maximum absolute atomic E-state index is 11.3. The smallest absolute Gasteiger partial charge is 0.185 e. The summed E-state index contributed by atoms with van der Waals surface area (Å²) in [6.45, 7) is 0. The molecule has 0 bridgehead atoms. The average Bonchev–Trinajstić information content (AvgIpc) is 2.76. The molecule has 0 fully saturated rings. The lowest BCUT2D eigenvalue weighted by molar-refractivity contribution is 0.111. The van der Waals surface area contributed by atoms with Gasteiger partial charge in [0.15, 0.2) is 21.9 Å². The summed E-state index contributed by atoms with van der Waals surface area (Å²) in [5.74, 6) is 0.243. The number of carbonyl (C=O) groups excluding carboxylic acids is 1. The van der Waals surface area contributed by atoms with Crippen molar-refractivity contribution in [2.45, 2.75) is 4.90 Å². The number of carbonyl (C=O) groups is 1. The number of imidazole rings is 1. The maximum Gasteiger partial charge on any atom is 0.185 e. The highest BCUT2D eigenvalue weighted by Crippen LogP contribution is 2.19. The van der Waals surface area contributed by atoms with Crippen molar-refractivity contribution in [2.24, 2.45) is 0 Å². The van der Waals surface area contributed by atoms with E-state index in [4.69, 9.17) is 0 Å². The van der Waals surface area contributed by atoms with Crippen LogP contribution in [0.1, 0.15) is 10.6 Å². The number of nitrogens with one attached hydrogen (secondary N) is 1. The highest BCUT2D eigenvalue weighted by Gasteiger charge is 2.07. The van der Waals surface area contributed by atoms with Gasteiger partial charge < -0.3 is 4.98 Å². The molecule has 0 saturated carbocycles. The first-order valence-electron chi connectivity index (χ1n) is 4.81. The number of hydrogen-bond donors (Lipinski definition) is 1. The van der Waals surface area contributed by atoms with Crippen LogP contribution in [0.2, 0.25) is 0 Å². The van der Waals surface area contributed by atoms with Crippen molar-refractivity contribution in [3.8, 4) is 11.3 Å². The third-order valence-corrected chi connectivity index (χ3v) is 3.43. The fourth-order valence-electron chi connectivity index (χ4n) is 1.42. The molecule has 1 aromatic carbocycles. The van der Waals surface area contributed by atoms with Crippen LogP contribution in [0, 0.1) is 0 Å². The fourth-order valence-corrected chi connectivity index (χ4v) is 2.06. The molecule has 0 spiro atoms. The molecular weight excluding hydrogens is 240 g/mol. The Morgan fingerprint density at radius 2 is 1.88 bits per heavy atom. The minimum Gasteiger partial charge on any atom is -0.336 e. The van der Waals surface area contributed by atoms with Crippen LogP contribution in [0.4, 0.5) is 0 Å². The summed E-state index contributed by atoms with van der Waals surface area (Å²) >= 11 is 0. The molecule has 2 aromatic rings. The number of hydrogen-bond acceptors (Lipinski definition) is 4. The van der Waals surface area contributed by atoms with Gasteiger partial charge in [0.2, 0.25) is 0 Å². The number of rotatable bonds is 3. The molecule has 0 radical (unpaired) electrons. The van der Waals surface area contributed by atoms with E-state index in [-0.39, 0.29) is 10.7 Å². The minimum absolute atomic E-state index is 0.243. The largest absolute Gasteiger partial charge is 0.336 e. The molecule has 1 aromatic heterocycles. The zero-order chi connectivity index (χ0) is 12.5. The second-order valence-corrected chi connectivity index (χ2v) is 5.61. The standard InChI is InChI=1S/C11H10N2O3S/c1-17(15,16)9-4-2-8(3-5-9)10-6-12-11(7-14)13-10/h2-7H,1H3,(H,12,13). The molecule has 0 saturated heterocycles. The number of aldehydes is 1. The number of aromatic amines is 1. The van der Waals surface area contributed by atoms with Gasteiger partial charge in [0, 0.05) is 6.26 Å². The Bertz CT molecular complexity index is 642. The monoisotopic (exact) mass is 250 g/mol. The lowest BCUT2D eigenvalue weighted by Gasteiger charge is -2.00. The van der Waals surface area contributed by atoms with E-state index < -0.39 is 9.84 Å². The topological polar surface area (TPSA) is 79.9 Å². The van der Waals surface area contributed by atoms with E-state index in [2.05, 4.69) is 9.97 Å². The summed E-state index contributed by atoms with van der Waals surface area (Å²) in [5.41, 5.74) is 1.45. The average molecular weight is 250 g/mol. The molecule has 1 N–H and O–H groups in total. The molecule has 0 unspecified atom stereocenters. The SMILES string of the molecule is CS(=O)(=O)c1ccc(-c2cnc(C=O)[nH]2)cc1. The van der Waals surface area contributed by atoms with Crippen LogP contribution >= 0.6 is 0 Å². The highest BCUT2D eigenvalue weighted by molar-refractivity contribution is 7.90. The normalized spacial score (nSPS) is 11.4. The Kier molecular flexibility index (Phi) is 2.81. The molecule has 5 nitrogen and oxygen atoms in total. The molecule has 17 heavy (non-hydrogen) atoms. The number of H-pyrrole nitrogens is 1. The predicted molar refractivity (Wildman–Crippen MR) is 62.5 cm³/mol. The summed E-state index contributed by atoms with van der Waals surface area (Å²) in [6.07, 6.45) is 3.30. The highest BCUT2D eigenvalue weighted by atomic mass is 32.2. The van der Waals surface area contributed by atoms with Gasteiger partial charge in [-0.2, -0.15) is 0 Å². The molecular formula is C11H10N2O3S. The Hall–Kier alpha value is -1.95. The van der Waals surface area contributed by atoms with Crippen LogP contribution in [0.25, 0.3) is 11.3 Å². The Morgan fingerprint density at radius 3 is 2.35 bits per heavy atom. The van der Waals surface area contributed by atoms with E-state index in [9.17, 15) is 13.2 Å². The first kappa shape index (κ1) is 11.5. The van der Waals surface area contributed by atoms with Crippen LogP contribution < -0.4 is 0 Å². The molecule has 0 aliphatic rings. The van der Waals surface area contributed by atoms with E-state index in [0.717, 1.165) is 11.8 Å². The molecule has 0 amide bonds. The quantitative estimate of drug-likeness (QED) is 0.832. The molecule has 2 rings (SSSR count). The van der Waals surface area contributed by atoms with Gasteiger partial charge in [-0.15, -0.1) is 0 Å². The van der Waals surface area contributed by atoms with Crippen LogP contribution in [0.3, 0.4) is 0 Å². The third kappa shape index (κ3) is 2.42. The van der Waals surface area contributed by atoms with Crippen molar-refractivity contribution in [1.82, 2.24) is 9.97 Å². The van der Waals surface area contributed by atoms with E-state index >= 15 is 0 Å². The molecule has 1 heterocycles. The Labute approximate surface area is 98.4 Å². The zero-order valence-corrected chi connectivity index (χ0v) is 9.86. The predicted octanol–water partition coefficient (Wildman–Crippen LogP) is 1.29. The first-order chi connectivity index (χ1) is 8.00. The summed E-state index contributed by atoms with van der Waals surface area (Å²) in [6, 6.07) is 6.37. The fraction of sp³-hybridized carbons (Fsp3) is 0.0909. The van der Waals surface area contributed by atoms with Gasteiger partial charge >= 0.3 is 0 Å². The van der Waals surface area contributed by atoms with Gasteiger partial charge in [-0.3, -0.25) is 4.79 Å². The van der Waals surface area contributed by atoms with Crippen LogP contribution in [0.5, 0.6) is 0 Å². The molecule has 6 heteroatoms. The van der Waals surface area contributed by atoms with Gasteiger partial charge in [-0.1, -0.05) is 12.1 Å². The lowest BCUT2D eigenvalue weighted by atomic mass is 10.2. The number of aromatic nitrogens is 2. The van der Waals surface area contributed by atoms with Crippen molar-refractivity contribution in [3.63, 3.8) is 0 Å². The van der Waals surface area contributed by atoms with Gasteiger partial charge in [-0.05, 0) is 17.7 Å². The molecule has 0 atom stereocenters. The number of sulfone groups is 1. The molecule has 0 aliphatic carbocycles. The lowest BCUT2D eigenvalue weighted by Crippen LogP contribution is -1.96. The van der Waals surface area contributed by atoms with E-state index in [1.165, 1.54) is 18.3 Å². The number of benzene rings is 1. The first-order valence-corrected chi connectivity index (χ1v) is 6.70. The Balaban J connectivity index is 2.38. The Morgan fingerprint density at radius 1 is 1.24 bits per heavy atom. The van der Waals surface area contributed by atoms with Crippen molar-refractivity contribution >= 4 is 16.1 Å². The number of nitrogens with zero attached hydrogens (tertiary/aromatic N) is 1.